The molecule has 0 saturated carbocycles. The summed E-state index contributed by atoms with van der Waals surface area (Å²) in [4.78, 5) is 15.9. The first-order chi connectivity index (χ1) is 13.6. The molecular weight excluding hydrogens is 483 g/mol. The van der Waals surface area contributed by atoms with E-state index in [2.05, 4.69) is 15.6 Å². The number of benzene rings is 2. The fourth-order valence-corrected chi connectivity index (χ4v) is 2.49. The molecule has 0 saturated heterocycles. The highest BCUT2D eigenvalue weighted by atomic mass is 127. The van der Waals surface area contributed by atoms with Gasteiger partial charge in [-0.25, -0.2) is 4.99 Å². The number of nitrogens with one attached hydrogen (secondary N) is 2. The minimum atomic E-state index is -0.446. The van der Waals surface area contributed by atoms with Crippen molar-refractivity contribution in [3.8, 4) is 5.75 Å². The lowest BCUT2D eigenvalue weighted by atomic mass is 10.1. The van der Waals surface area contributed by atoms with E-state index in [1.165, 1.54) is 0 Å². The van der Waals surface area contributed by atoms with Crippen LogP contribution in [0.25, 0.3) is 0 Å². The van der Waals surface area contributed by atoms with E-state index in [1.807, 2.05) is 37.3 Å². The summed E-state index contributed by atoms with van der Waals surface area (Å²) >= 11 is 0. The van der Waals surface area contributed by atoms with Gasteiger partial charge < -0.3 is 25.8 Å². The maximum absolute atomic E-state index is 11.3. The highest BCUT2D eigenvalue weighted by Gasteiger charge is 2.04. The zero-order valence-corrected chi connectivity index (χ0v) is 19.1. The topological polar surface area (TPSA) is 98.0 Å². The van der Waals surface area contributed by atoms with Crippen molar-refractivity contribution in [1.82, 2.24) is 5.32 Å². The number of nitrogens with zero attached hydrogens (tertiary/aromatic N) is 1. The van der Waals surface area contributed by atoms with Crippen LogP contribution >= 0.6 is 24.0 Å². The van der Waals surface area contributed by atoms with Crippen molar-refractivity contribution in [2.24, 2.45) is 10.7 Å². The van der Waals surface area contributed by atoms with E-state index in [9.17, 15) is 4.79 Å². The quantitative estimate of drug-likeness (QED) is 0.196. The summed E-state index contributed by atoms with van der Waals surface area (Å²) in [6, 6.07) is 14.9. The predicted molar refractivity (Wildman–Crippen MR) is 127 cm³/mol. The lowest BCUT2D eigenvalue weighted by Crippen LogP contribution is -2.30. The number of halogens is 1. The molecule has 0 fully saturated rings. The maximum atomic E-state index is 11.3. The van der Waals surface area contributed by atoms with Gasteiger partial charge in [0.1, 0.15) is 5.75 Å². The van der Waals surface area contributed by atoms with Crippen LogP contribution in [0, 0.1) is 0 Å². The molecule has 0 spiro atoms. The average molecular weight is 512 g/mol. The van der Waals surface area contributed by atoms with Crippen LogP contribution in [0.15, 0.2) is 53.5 Å². The Balaban J connectivity index is 0.00000420. The number of carbonyl (C=O) groups is 1. The number of nitrogens with two attached hydrogens (primary N) is 1. The normalized spacial score (nSPS) is 10.8. The highest BCUT2D eigenvalue weighted by Crippen LogP contribution is 2.17. The summed E-state index contributed by atoms with van der Waals surface area (Å²) in [7, 11) is 1.68. The summed E-state index contributed by atoms with van der Waals surface area (Å²) in [5.74, 6) is 0.979. The predicted octanol–water partition coefficient (Wildman–Crippen LogP) is 3.40. The molecular formula is C21H29IN4O3. The van der Waals surface area contributed by atoms with Gasteiger partial charge in [-0.3, -0.25) is 4.79 Å². The Morgan fingerprint density at radius 1 is 1.14 bits per heavy atom. The third-order valence-corrected chi connectivity index (χ3v) is 3.83. The molecule has 2 aromatic carbocycles. The molecule has 8 heteroatoms. The first-order valence-corrected chi connectivity index (χ1v) is 9.28. The van der Waals surface area contributed by atoms with Gasteiger partial charge in [0.2, 0.25) is 5.91 Å². The van der Waals surface area contributed by atoms with E-state index in [0.29, 0.717) is 31.3 Å². The molecule has 4 N–H and O–H groups in total. The first kappa shape index (κ1) is 24.7. The number of hydrogen-bond donors (Lipinski definition) is 3. The Bertz CT molecular complexity index is 799. The highest BCUT2D eigenvalue weighted by molar-refractivity contribution is 14.0. The molecule has 1 amide bonds. The summed E-state index contributed by atoms with van der Waals surface area (Å²) in [6.07, 6.45) is 0.836. The smallest absolute Gasteiger partial charge is 0.248 e. The van der Waals surface area contributed by atoms with Crippen LogP contribution in [0.4, 0.5) is 5.69 Å². The largest absolute Gasteiger partial charge is 0.493 e. The molecule has 0 aliphatic heterocycles. The number of methoxy groups -OCH3 is 1. The molecule has 158 valence electrons. The van der Waals surface area contributed by atoms with Gasteiger partial charge in [0.05, 0.1) is 13.2 Å². The third-order valence-electron chi connectivity index (χ3n) is 3.83. The second-order valence-electron chi connectivity index (χ2n) is 6.11. The van der Waals surface area contributed by atoms with Crippen LogP contribution < -0.4 is 21.1 Å². The standard InChI is InChI=1S/C21H28N4O3.HI/c1-3-23-21(24-15-16-7-4-8-17(13-16)20(22)26)25-18-9-5-10-19(14-18)28-12-6-11-27-2;/h4-5,7-10,13-14H,3,6,11-12,15H2,1-2H3,(H2,22,26)(H2,23,24,25);1H. The number of rotatable bonds is 10. The molecule has 0 radical (unpaired) electrons. The van der Waals surface area contributed by atoms with Crippen molar-refractivity contribution >= 4 is 41.5 Å². The van der Waals surface area contributed by atoms with Crippen molar-refractivity contribution in [3.05, 3.63) is 59.7 Å². The Labute approximate surface area is 189 Å². The lowest BCUT2D eigenvalue weighted by molar-refractivity contribution is 0.1000. The molecule has 0 atom stereocenters. The summed E-state index contributed by atoms with van der Waals surface area (Å²) in [6.45, 7) is 4.41. The minimum Gasteiger partial charge on any atom is -0.493 e. The number of carbonyl (C=O) groups excluding carboxylic acids is 1. The van der Waals surface area contributed by atoms with Gasteiger partial charge in [-0.2, -0.15) is 0 Å². The first-order valence-electron chi connectivity index (χ1n) is 9.28. The Kier molecular flexibility index (Phi) is 11.7. The molecule has 7 nitrogen and oxygen atoms in total. The molecule has 2 aromatic rings. The van der Waals surface area contributed by atoms with Crippen LogP contribution in [-0.4, -0.2) is 38.7 Å². The molecule has 0 unspecified atom stereocenters. The second-order valence-corrected chi connectivity index (χ2v) is 6.11. The van der Waals surface area contributed by atoms with Crippen LogP contribution in [0.5, 0.6) is 5.75 Å². The molecule has 0 aromatic heterocycles. The minimum absolute atomic E-state index is 0. The van der Waals surface area contributed by atoms with E-state index in [0.717, 1.165) is 30.0 Å². The molecule has 2 rings (SSSR count). The molecule has 0 heterocycles. The SMILES string of the molecule is CCNC(=NCc1cccc(C(N)=O)c1)Nc1cccc(OCCCOC)c1.I. The lowest BCUT2D eigenvalue weighted by Gasteiger charge is -2.13. The summed E-state index contributed by atoms with van der Waals surface area (Å²) in [5.41, 5.74) is 7.59. The number of guanidine groups is 1. The molecule has 0 aliphatic carbocycles. The van der Waals surface area contributed by atoms with E-state index in [1.54, 1.807) is 25.3 Å². The fourth-order valence-electron chi connectivity index (χ4n) is 2.49. The number of aliphatic imine (C=N–C) groups is 1. The molecule has 0 aliphatic rings. The van der Waals surface area contributed by atoms with Gasteiger partial charge in [0, 0.05) is 44.0 Å². The molecule has 0 bridgehead atoms. The number of ether oxygens (including phenoxy) is 2. The zero-order valence-electron chi connectivity index (χ0n) is 16.8. The van der Waals surface area contributed by atoms with Crippen molar-refractivity contribution in [1.29, 1.82) is 0 Å². The van der Waals surface area contributed by atoms with E-state index >= 15 is 0 Å². The van der Waals surface area contributed by atoms with Gasteiger partial charge in [0.25, 0.3) is 0 Å². The van der Waals surface area contributed by atoms with Gasteiger partial charge in [-0.15, -0.1) is 24.0 Å². The van der Waals surface area contributed by atoms with Crippen LogP contribution in [0.3, 0.4) is 0 Å². The van der Waals surface area contributed by atoms with E-state index in [-0.39, 0.29) is 24.0 Å². The van der Waals surface area contributed by atoms with Crippen molar-refractivity contribution in [3.63, 3.8) is 0 Å². The third kappa shape index (κ3) is 9.14. The number of amides is 1. The van der Waals surface area contributed by atoms with Crippen LogP contribution in [0.1, 0.15) is 29.3 Å². The van der Waals surface area contributed by atoms with Crippen LogP contribution in [0.2, 0.25) is 0 Å². The van der Waals surface area contributed by atoms with Gasteiger partial charge in [-0.05, 0) is 36.8 Å². The van der Waals surface area contributed by atoms with Gasteiger partial charge in [0.15, 0.2) is 5.96 Å². The number of hydrogen-bond acceptors (Lipinski definition) is 4. The molecule has 29 heavy (non-hydrogen) atoms. The second kappa shape index (κ2) is 13.8. The summed E-state index contributed by atoms with van der Waals surface area (Å²) < 4.78 is 10.8. The van der Waals surface area contributed by atoms with Gasteiger partial charge in [-0.1, -0.05) is 18.2 Å². The number of anilines is 1. The Morgan fingerprint density at radius 3 is 2.66 bits per heavy atom. The monoisotopic (exact) mass is 512 g/mol. The van der Waals surface area contributed by atoms with Crippen molar-refractivity contribution in [2.45, 2.75) is 19.9 Å². The van der Waals surface area contributed by atoms with E-state index in [4.69, 9.17) is 15.2 Å². The van der Waals surface area contributed by atoms with Crippen molar-refractivity contribution < 1.29 is 14.3 Å². The van der Waals surface area contributed by atoms with E-state index < -0.39 is 5.91 Å². The van der Waals surface area contributed by atoms with Crippen LogP contribution in [-0.2, 0) is 11.3 Å². The average Bonchev–Trinajstić information content (AvgIpc) is 2.70. The van der Waals surface area contributed by atoms with Crippen molar-refractivity contribution in [2.75, 3.05) is 32.2 Å². The number of primary amides is 1. The Hall–Kier alpha value is -2.33. The fraction of sp³-hybridized carbons (Fsp3) is 0.333. The Morgan fingerprint density at radius 2 is 1.93 bits per heavy atom. The maximum Gasteiger partial charge on any atom is 0.248 e. The zero-order chi connectivity index (χ0) is 20.2. The van der Waals surface area contributed by atoms with Gasteiger partial charge >= 0.3 is 0 Å². The summed E-state index contributed by atoms with van der Waals surface area (Å²) in [5, 5.41) is 6.48.